The molecule has 0 spiro atoms. The molecule has 1 aliphatic heterocycles. The summed E-state index contributed by atoms with van der Waals surface area (Å²) >= 11 is 0. The Kier molecular flexibility index (Phi) is 3.31. The van der Waals surface area contributed by atoms with Gasteiger partial charge in [-0.25, -0.2) is 0 Å². The fourth-order valence-corrected chi connectivity index (χ4v) is 3.55. The second kappa shape index (κ2) is 4.97. The SMILES string of the molecule is Cc1cccc(CC(=O)N2CC3CCC(O)C3C2)c1. The van der Waals surface area contributed by atoms with Crippen LogP contribution >= 0.6 is 0 Å². The summed E-state index contributed by atoms with van der Waals surface area (Å²) < 4.78 is 0. The van der Waals surface area contributed by atoms with Crippen molar-refractivity contribution < 1.29 is 9.90 Å². The van der Waals surface area contributed by atoms with Crippen LogP contribution in [0.3, 0.4) is 0 Å². The zero-order chi connectivity index (χ0) is 13.4. The summed E-state index contributed by atoms with van der Waals surface area (Å²) in [5, 5.41) is 9.89. The van der Waals surface area contributed by atoms with E-state index < -0.39 is 0 Å². The summed E-state index contributed by atoms with van der Waals surface area (Å²) in [6.07, 6.45) is 2.27. The van der Waals surface area contributed by atoms with Crippen LogP contribution in [0.5, 0.6) is 0 Å². The second-order valence-electron chi connectivity index (χ2n) is 6.03. The Morgan fingerprint density at radius 1 is 1.37 bits per heavy atom. The smallest absolute Gasteiger partial charge is 0.227 e. The Morgan fingerprint density at radius 3 is 2.95 bits per heavy atom. The first-order valence-corrected chi connectivity index (χ1v) is 7.15. The first-order valence-electron chi connectivity index (χ1n) is 7.15. The molecular weight excluding hydrogens is 238 g/mol. The van der Waals surface area contributed by atoms with Crippen LogP contribution in [0.4, 0.5) is 0 Å². The Labute approximate surface area is 114 Å². The van der Waals surface area contributed by atoms with Crippen molar-refractivity contribution in [3.05, 3.63) is 35.4 Å². The second-order valence-corrected chi connectivity index (χ2v) is 6.03. The van der Waals surface area contributed by atoms with Gasteiger partial charge in [0.1, 0.15) is 0 Å². The number of aryl methyl sites for hydroxylation is 1. The first-order chi connectivity index (χ1) is 9.13. The monoisotopic (exact) mass is 259 g/mol. The third-order valence-electron chi connectivity index (χ3n) is 4.61. The van der Waals surface area contributed by atoms with Gasteiger partial charge < -0.3 is 10.0 Å². The molecule has 0 bridgehead atoms. The van der Waals surface area contributed by atoms with E-state index in [1.165, 1.54) is 5.56 Å². The van der Waals surface area contributed by atoms with Gasteiger partial charge in [-0.1, -0.05) is 29.8 Å². The lowest BCUT2D eigenvalue weighted by Gasteiger charge is -2.18. The molecule has 1 saturated heterocycles. The summed E-state index contributed by atoms with van der Waals surface area (Å²) in [6.45, 7) is 3.63. The van der Waals surface area contributed by atoms with Crippen molar-refractivity contribution in [3.8, 4) is 0 Å². The highest BCUT2D eigenvalue weighted by Crippen LogP contribution is 2.38. The van der Waals surface area contributed by atoms with Crippen LogP contribution in [0.1, 0.15) is 24.0 Å². The number of hydrogen-bond acceptors (Lipinski definition) is 2. The summed E-state index contributed by atoms with van der Waals surface area (Å²) in [7, 11) is 0. The summed E-state index contributed by atoms with van der Waals surface area (Å²) in [6, 6.07) is 8.13. The molecule has 1 heterocycles. The van der Waals surface area contributed by atoms with E-state index in [9.17, 15) is 9.90 Å². The fourth-order valence-electron chi connectivity index (χ4n) is 3.55. The molecule has 2 aliphatic rings. The standard InChI is InChI=1S/C16H21NO2/c1-11-3-2-4-12(7-11)8-16(19)17-9-13-5-6-15(18)14(13)10-17/h2-4,7,13-15,18H,5-6,8-10H2,1H3. The summed E-state index contributed by atoms with van der Waals surface area (Å²) in [5.74, 6) is 1.05. The van der Waals surface area contributed by atoms with Gasteiger partial charge in [0.05, 0.1) is 12.5 Å². The van der Waals surface area contributed by atoms with Gasteiger partial charge in [0.15, 0.2) is 0 Å². The highest BCUT2D eigenvalue weighted by molar-refractivity contribution is 5.79. The predicted octanol–water partition coefficient (Wildman–Crippen LogP) is 1.77. The molecule has 3 atom stereocenters. The van der Waals surface area contributed by atoms with Gasteiger partial charge >= 0.3 is 0 Å². The molecule has 0 aromatic heterocycles. The number of likely N-dealkylation sites (tertiary alicyclic amines) is 1. The molecule has 1 saturated carbocycles. The normalized spacial score (nSPS) is 29.6. The van der Waals surface area contributed by atoms with Crippen molar-refractivity contribution in [2.45, 2.75) is 32.3 Å². The molecule has 3 nitrogen and oxygen atoms in total. The number of benzene rings is 1. The molecule has 0 radical (unpaired) electrons. The minimum atomic E-state index is -0.193. The molecule has 19 heavy (non-hydrogen) atoms. The molecule has 1 amide bonds. The number of carbonyl (C=O) groups excluding carboxylic acids is 1. The summed E-state index contributed by atoms with van der Waals surface area (Å²) in [5.41, 5.74) is 2.28. The molecule has 1 N–H and O–H groups in total. The minimum absolute atomic E-state index is 0.193. The van der Waals surface area contributed by atoms with E-state index in [2.05, 4.69) is 6.07 Å². The number of nitrogens with zero attached hydrogens (tertiary/aromatic N) is 1. The van der Waals surface area contributed by atoms with E-state index in [0.29, 0.717) is 18.3 Å². The average Bonchev–Trinajstić information content (AvgIpc) is 2.92. The average molecular weight is 259 g/mol. The van der Waals surface area contributed by atoms with Gasteiger partial charge in [-0.15, -0.1) is 0 Å². The van der Waals surface area contributed by atoms with Crippen molar-refractivity contribution in [1.29, 1.82) is 0 Å². The van der Waals surface area contributed by atoms with Crippen LogP contribution in [0.2, 0.25) is 0 Å². The lowest BCUT2D eigenvalue weighted by Crippen LogP contribution is -2.32. The van der Waals surface area contributed by atoms with Gasteiger partial charge in [0.2, 0.25) is 5.91 Å². The lowest BCUT2D eigenvalue weighted by atomic mass is 10.00. The van der Waals surface area contributed by atoms with Crippen LogP contribution in [0.15, 0.2) is 24.3 Å². The fraction of sp³-hybridized carbons (Fsp3) is 0.562. The zero-order valence-corrected chi connectivity index (χ0v) is 11.4. The van der Waals surface area contributed by atoms with Crippen molar-refractivity contribution in [1.82, 2.24) is 4.90 Å². The highest BCUT2D eigenvalue weighted by Gasteiger charge is 2.43. The Morgan fingerprint density at radius 2 is 2.21 bits per heavy atom. The van der Waals surface area contributed by atoms with E-state index in [0.717, 1.165) is 31.5 Å². The van der Waals surface area contributed by atoms with E-state index in [-0.39, 0.29) is 12.0 Å². The number of aliphatic hydroxyl groups is 1. The molecule has 1 aliphatic carbocycles. The maximum absolute atomic E-state index is 12.3. The molecule has 2 fully saturated rings. The third kappa shape index (κ3) is 2.52. The molecule has 3 heteroatoms. The van der Waals surface area contributed by atoms with Crippen molar-refractivity contribution in [2.75, 3.05) is 13.1 Å². The lowest BCUT2D eigenvalue weighted by molar-refractivity contribution is -0.129. The zero-order valence-electron chi connectivity index (χ0n) is 11.4. The van der Waals surface area contributed by atoms with E-state index in [4.69, 9.17) is 0 Å². The topological polar surface area (TPSA) is 40.5 Å². The van der Waals surface area contributed by atoms with Gasteiger partial charge in [-0.05, 0) is 31.2 Å². The number of fused-ring (bicyclic) bond motifs is 1. The molecule has 3 rings (SSSR count). The molecular formula is C16H21NO2. The number of carbonyl (C=O) groups is 1. The van der Waals surface area contributed by atoms with Crippen molar-refractivity contribution in [3.63, 3.8) is 0 Å². The van der Waals surface area contributed by atoms with Crippen LogP contribution < -0.4 is 0 Å². The summed E-state index contributed by atoms with van der Waals surface area (Å²) in [4.78, 5) is 14.3. The van der Waals surface area contributed by atoms with Crippen molar-refractivity contribution in [2.24, 2.45) is 11.8 Å². The van der Waals surface area contributed by atoms with Gasteiger partial charge in [-0.2, -0.15) is 0 Å². The minimum Gasteiger partial charge on any atom is -0.393 e. The van der Waals surface area contributed by atoms with E-state index in [1.807, 2.05) is 30.0 Å². The number of aliphatic hydroxyl groups excluding tert-OH is 1. The predicted molar refractivity (Wildman–Crippen MR) is 73.7 cm³/mol. The molecule has 102 valence electrons. The number of rotatable bonds is 2. The first kappa shape index (κ1) is 12.7. The number of hydrogen-bond donors (Lipinski definition) is 1. The molecule has 1 aromatic rings. The Bertz CT molecular complexity index is 485. The van der Waals surface area contributed by atoms with Crippen LogP contribution in [0.25, 0.3) is 0 Å². The van der Waals surface area contributed by atoms with E-state index >= 15 is 0 Å². The maximum atomic E-state index is 12.3. The highest BCUT2D eigenvalue weighted by atomic mass is 16.3. The van der Waals surface area contributed by atoms with Crippen LogP contribution in [-0.2, 0) is 11.2 Å². The van der Waals surface area contributed by atoms with E-state index in [1.54, 1.807) is 0 Å². The van der Waals surface area contributed by atoms with Crippen LogP contribution in [-0.4, -0.2) is 35.1 Å². The van der Waals surface area contributed by atoms with Crippen molar-refractivity contribution >= 4 is 5.91 Å². The van der Waals surface area contributed by atoms with Gasteiger partial charge in [-0.3, -0.25) is 4.79 Å². The largest absolute Gasteiger partial charge is 0.393 e. The maximum Gasteiger partial charge on any atom is 0.227 e. The van der Waals surface area contributed by atoms with Gasteiger partial charge in [0.25, 0.3) is 0 Å². The Balaban J connectivity index is 1.63. The quantitative estimate of drug-likeness (QED) is 0.879. The Hall–Kier alpha value is -1.35. The molecule has 1 aromatic carbocycles. The molecule has 3 unspecified atom stereocenters. The number of amides is 1. The van der Waals surface area contributed by atoms with Crippen LogP contribution in [0, 0.1) is 18.8 Å². The third-order valence-corrected chi connectivity index (χ3v) is 4.61. The van der Waals surface area contributed by atoms with Gasteiger partial charge in [0, 0.05) is 19.0 Å².